The van der Waals surface area contributed by atoms with Gasteiger partial charge in [0.15, 0.2) is 0 Å². The maximum atomic E-state index is 4.75. The molecule has 0 unspecified atom stereocenters. The molecule has 0 saturated heterocycles. The zero-order valence-electron chi connectivity index (χ0n) is 23.9. The van der Waals surface area contributed by atoms with Gasteiger partial charge in [-0.15, -0.1) is 0 Å². The first-order valence-corrected chi connectivity index (χ1v) is 10.8. The Morgan fingerprint density at radius 2 is 0.267 bits per heavy atom. The molecule has 0 aliphatic rings. The minimum Gasteiger partial charge on any atom is -0.382 e. The SMILES string of the molecule is COC(C)C.COC(C)C.COC(C)C.COC(C)C.COC(C)C.COC(C)C. The molecule has 0 rings (SSSR count). The minimum absolute atomic E-state index is 0.384. The lowest BCUT2D eigenvalue weighted by atomic mass is 10.5. The summed E-state index contributed by atoms with van der Waals surface area (Å²) in [4.78, 5) is 0. The lowest BCUT2D eigenvalue weighted by Crippen LogP contribution is -1.94. The van der Waals surface area contributed by atoms with E-state index in [1.165, 1.54) is 0 Å². The van der Waals surface area contributed by atoms with E-state index in [1.54, 1.807) is 42.7 Å². The molecule has 192 valence electrons. The fourth-order valence-electron chi connectivity index (χ4n) is 0. The summed E-state index contributed by atoms with van der Waals surface area (Å²) in [5, 5.41) is 0. The minimum atomic E-state index is 0.384. The van der Waals surface area contributed by atoms with Gasteiger partial charge in [-0.3, -0.25) is 0 Å². The molecule has 0 amide bonds. The van der Waals surface area contributed by atoms with Crippen molar-refractivity contribution in [2.45, 2.75) is 120 Å². The van der Waals surface area contributed by atoms with Gasteiger partial charge in [-0.1, -0.05) is 0 Å². The lowest BCUT2D eigenvalue weighted by Gasteiger charge is -1.94. The van der Waals surface area contributed by atoms with Gasteiger partial charge in [-0.2, -0.15) is 0 Å². The third kappa shape index (κ3) is 144. The van der Waals surface area contributed by atoms with Gasteiger partial charge >= 0.3 is 0 Å². The Balaban J connectivity index is -0.0000000576. The highest BCUT2D eigenvalue weighted by Gasteiger charge is 1.80. The van der Waals surface area contributed by atoms with Crippen molar-refractivity contribution in [1.82, 2.24) is 0 Å². The van der Waals surface area contributed by atoms with Crippen LogP contribution in [0.15, 0.2) is 0 Å². The first-order chi connectivity index (χ1) is 13.6. The zero-order valence-corrected chi connectivity index (χ0v) is 23.9. The molecule has 0 heterocycles. The molecule has 0 radical (unpaired) electrons. The second-order valence-electron chi connectivity index (χ2n) is 7.71. The van der Waals surface area contributed by atoms with Gasteiger partial charge < -0.3 is 28.4 Å². The summed E-state index contributed by atoms with van der Waals surface area (Å²) in [6.45, 7) is 24.0. The van der Waals surface area contributed by atoms with Crippen molar-refractivity contribution in [2.75, 3.05) is 42.7 Å². The average Bonchev–Trinajstić information content (AvgIpc) is 2.69. The van der Waals surface area contributed by atoms with Crippen molar-refractivity contribution in [3.05, 3.63) is 0 Å². The van der Waals surface area contributed by atoms with Crippen LogP contribution in [0.5, 0.6) is 0 Å². The van der Waals surface area contributed by atoms with Crippen LogP contribution in [0, 0.1) is 0 Å². The van der Waals surface area contributed by atoms with Crippen LogP contribution in [0.4, 0.5) is 0 Å². The maximum absolute atomic E-state index is 4.75. The molecule has 0 saturated carbocycles. The summed E-state index contributed by atoms with van der Waals surface area (Å²) in [5.41, 5.74) is 0. The molecule has 6 nitrogen and oxygen atoms in total. The predicted octanol–water partition coefficient (Wildman–Crippen LogP) is 6.25. The average molecular weight is 445 g/mol. The summed E-state index contributed by atoms with van der Waals surface area (Å²) in [7, 11) is 10.2. The summed E-state index contributed by atoms with van der Waals surface area (Å²) in [6, 6.07) is 0. The van der Waals surface area contributed by atoms with Gasteiger partial charge in [0.25, 0.3) is 0 Å². The first kappa shape index (κ1) is 43.6. The number of rotatable bonds is 6. The molecule has 0 atom stereocenters. The Morgan fingerprint density at radius 1 is 0.233 bits per heavy atom. The van der Waals surface area contributed by atoms with Crippen molar-refractivity contribution >= 4 is 0 Å². The Morgan fingerprint density at radius 3 is 0.267 bits per heavy atom. The van der Waals surface area contributed by atoms with Crippen LogP contribution in [0.25, 0.3) is 0 Å². The fourth-order valence-corrected chi connectivity index (χ4v) is 0. The van der Waals surface area contributed by atoms with Gasteiger partial charge in [0.2, 0.25) is 0 Å². The molecule has 30 heavy (non-hydrogen) atoms. The summed E-state index contributed by atoms with van der Waals surface area (Å²) in [5.74, 6) is 0. The monoisotopic (exact) mass is 444 g/mol. The van der Waals surface area contributed by atoms with Crippen LogP contribution >= 0.6 is 0 Å². The lowest BCUT2D eigenvalue weighted by molar-refractivity contribution is 0.134. The van der Waals surface area contributed by atoms with Crippen LogP contribution < -0.4 is 0 Å². The molecule has 0 aromatic rings. The first-order valence-electron chi connectivity index (χ1n) is 10.8. The van der Waals surface area contributed by atoms with E-state index in [4.69, 9.17) is 28.4 Å². The van der Waals surface area contributed by atoms with Crippen LogP contribution in [0.3, 0.4) is 0 Å². The third-order valence-corrected chi connectivity index (χ3v) is 2.83. The standard InChI is InChI=1S/6C4H10O/c6*1-4(2)5-3/h6*4H,1-3H3. The van der Waals surface area contributed by atoms with Crippen LogP contribution in [0.2, 0.25) is 0 Å². The Bertz CT molecular complexity index is 168. The van der Waals surface area contributed by atoms with E-state index in [0.717, 1.165) is 0 Å². The van der Waals surface area contributed by atoms with Crippen LogP contribution in [0.1, 0.15) is 83.1 Å². The fraction of sp³-hybridized carbons (Fsp3) is 1.00. The summed E-state index contributed by atoms with van der Waals surface area (Å²) >= 11 is 0. The molecule has 0 aliphatic carbocycles. The van der Waals surface area contributed by atoms with Crippen molar-refractivity contribution in [3.8, 4) is 0 Å². The molecule has 6 heteroatoms. The van der Waals surface area contributed by atoms with E-state index in [1.807, 2.05) is 83.1 Å². The van der Waals surface area contributed by atoms with E-state index < -0.39 is 0 Å². The van der Waals surface area contributed by atoms with E-state index in [-0.39, 0.29) is 0 Å². The van der Waals surface area contributed by atoms with Gasteiger partial charge in [0.1, 0.15) is 0 Å². The van der Waals surface area contributed by atoms with Crippen LogP contribution in [-0.4, -0.2) is 79.3 Å². The molecule has 0 aliphatic heterocycles. The van der Waals surface area contributed by atoms with Crippen LogP contribution in [-0.2, 0) is 28.4 Å². The zero-order chi connectivity index (χ0) is 25.7. The molecule has 0 aromatic carbocycles. The molecular formula is C24H60O6. The normalized spacial score (nSPS) is 9.60. The Hall–Kier alpha value is -0.240. The summed E-state index contributed by atoms with van der Waals surface area (Å²) < 4.78 is 28.5. The topological polar surface area (TPSA) is 55.4 Å². The van der Waals surface area contributed by atoms with Gasteiger partial charge in [-0.05, 0) is 83.1 Å². The molecular weight excluding hydrogens is 384 g/mol. The second-order valence-corrected chi connectivity index (χ2v) is 7.71. The largest absolute Gasteiger partial charge is 0.382 e. The number of hydrogen-bond donors (Lipinski definition) is 0. The summed E-state index contributed by atoms with van der Waals surface area (Å²) in [6.07, 6.45) is 2.31. The van der Waals surface area contributed by atoms with Crippen molar-refractivity contribution in [2.24, 2.45) is 0 Å². The second kappa shape index (κ2) is 39.3. The number of hydrogen-bond acceptors (Lipinski definition) is 6. The van der Waals surface area contributed by atoms with Gasteiger partial charge in [0, 0.05) is 42.7 Å². The van der Waals surface area contributed by atoms with E-state index >= 15 is 0 Å². The highest BCUT2D eigenvalue weighted by atomic mass is 16.5. The molecule has 0 spiro atoms. The third-order valence-electron chi connectivity index (χ3n) is 2.83. The van der Waals surface area contributed by atoms with Gasteiger partial charge in [-0.25, -0.2) is 0 Å². The Kier molecular flexibility index (Phi) is 57.1. The van der Waals surface area contributed by atoms with Gasteiger partial charge in [0.05, 0.1) is 36.6 Å². The maximum Gasteiger partial charge on any atom is 0.0515 e. The molecule has 0 N–H and O–H groups in total. The molecule has 0 aromatic heterocycles. The van der Waals surface area contributed by atoms with Crippen molar-refractivity contribution in [1.29, 1.82) is 0 Å². The Labute approximate surface area is 191 Å². The molecule has 0 fully saturated rings. The number of methoxy groups -OCH3 is 6. The quantitative estimate of drug-likeness (QED) is 0.483. The van der Waals surface area contributed by atoms with E-state index in [9.17, 15) is 0 Å². The van der Waals surface area contributed by atoms with Crippen molar-refractivity contribution < 1.29 is 28.4 Å². The highest BCUT2D eigenvalue weighted by molar-refractivity contribution is 4.29. The highest BCUT2D eigenvalue weighted by Crippen LogP contribution is 1.80. The molecule has 0 bridgehead atoms. The van der Waals surface area contributed by atoms with E-state index in [0.29, 0.717) is 36.6 Å². The van der Waals surface area contributed by atoms with E-state index in [2.05, 4.69) is 0 Å². The smallest absolute Gasteiger partial charge is 0.0515 e. The van der Waals surface area contributed by atoms with Crippen molar-refractivity contribution in [3.63, 3.8) is 0 Å². The number of ether oxygens (including phenoxy) is 6. The predicted molar refractivity (Wildman–Crippen MR) is 133 cm³/mol.